The molecule has 1 saturated heterocycles. The van der Waals surface area contributed by atoms with Crippen molar-refractivity contribution in [2.75, 3.05) is 18.4 Å². The molecule has 13 heteroatoms. The van der Waals surface area contributed by atoms with Crippen molar-refractivity contribution in [2.45, 2.75) is 57.1 Å². The number of hydrogen-bond acceptors (Lipinski definition) is 8. The molecule has 4 aromatic rings. The molecule has 5 rings (SSSR count). The van der Waals surface area contributed by atoms with E-state index in [4.69, 9.17) is 4.74 Å². The van der Waals surface area contributed by atoms with Gasteiger partial charge in [-0.15, -0.1) is 0 Å². The van der Waals surface area contributed by atoms with Gasteiger partial charge in [-0.05, 0) is 58.7 Å². The van der Waals surface area contributed by atoms with Crippen LogP contribution in [0.5, 0.6) is 0 Å². The van der Waals surface area contributed by atoms with Gasteiger partial charge in [0.05, 0.1) is 17.3 Å². The van der Waals surface area contributed by atoms with E-state index in [0.29, 0.717) is 19.4 Å². The first-order valence-electron chi connectivity index (χ1n) is 13.1. The molecule has 0 radical (unpaired) electrons. The molecular weight excluding hydrogens is 554 g/mol. The van der Waals surface area contributed by atoms with Crippen LogP contribution in [0.4, 0.5) is 19.4 Å². The summed E-state index contributed by atoms with van der Waals surface area (Å²) in [6.07, 6.45) is 4.01. The fraction of sp³-hybridized carbons (Fsp3) is 0.357. The molecule has 1 fully saturated rings. The van der Waals surface area contributed by atoms with Crippen LogP contribution in [-0.2, 0) is 14.8 Å². The second-order valence-electron chi connectivity index (χ2n) is 11.0. The molecule has 1 aliphatic rings. The Kier molecular flexibility index (Phi) is 7.41. The van der Waals surface area contributed by atoms with Crippen molar-refractivity contribution in [3.63, 3.8) is 0 Å². The number of pyridine rings is 1. The van der Waals surface area contributed by atoms with Gasteiger partial charge in [0.25, 0.3) is 10.0 Å². The summed E-state index contributed by atoms with van der Waals surface area (Å²) in [5.74, 6) is -1.57. The van der Waals surface area contributed by atoms with Crippen LogP contribution >= 0.6 is 0 Å². The molecular formula is C28H30F2N6O4S. The number of benzene rings is 1. The van der Waals surface area contributed by atoms with Crippen molar-refractivity contribution in [1.29, 1.82) is 0 Å². The molecule has 0 unspecified atom stereocenters. The number of carbonyl (C=O) groups excluding carboxylic acids is 1. The first kappa shape index (κ1) is 28.4. The summed E-state index contributed by atoms with van der Waals surface area (Å²) in [6.45, 7) is 7.98. The van der Waals surface area contributed by atoms with Crippen LogP contribution < -0.4 is 5.32 Å². The summed E-state index contributed by atoms with van der Waals surface area (Å²) in [6, 6.07) is 7.10. The molecule has 3 aromatic heterocycles. The van der Waals surface area contributed by atoms with Crippen LogP contribution in [0, 0.1) is 18.6 Å². The number of likely N-dealkylation sites (tertiary alicyclic amines) is 1. The van der Waals surface area contributed by atoms with Crippen molar-refractivity contribution in [1.82, 2.24) is 23.8 Å². The Morgan fingerprint density at radius 2 is 1.85 bits per heavy atom. The third-order valence-corrected chi connectivity index (χ3v) is 8.22. The number of nitrogens with zero attached hydrogens (tertiary/aromatic N) is 5. The topological polar surface area (TPSA) is 119 Å². The van der Waals surface area contributed by atoms with E-state index < -0.39 is 33.4 Å². The number of nitrogens with one attached hydrogen (secondary N) is 1. The first-order chi connectivity index (χ1) is 19.3. The van der Waals surface area contributed by atoms with Gasteiger partial charge in [0.2, 0.25) is 0 Å². The highest BCUT2D eigenvalue weighted by molar-refractivity contribution is 7.90. The van der Waals surface area contributed by atoms with Gasteiger partial charge in [-0.2, -0.15) is 0 Å². The Balaban J connectivity index is 1.49. The first-order valence-corrected chi connectivity index (χ1v) is 14.5. The number of amides is 1. The number of piperidine rings is 1. The largest absolute Gasteiger partial charge is 0.444 e. The second-order valence-corrected chi connectivity index (χ2v) is 12.8. The zero-order chi connectivity index (χ0) is 29.5. The van der Waals surface area contributed by atoms with Crippen molar-refractivity contribution in [3.05, 3.63) is 66.1 Å². The summed E-state index contributed by atoms with van der Waals surface area (Å²) in [5.41, 5.74) is 0.370. The van der Waals surface area contributed by atoms with Gasteiger partial charge in [0, 0.05) is 36.3 Å². The van der Waals surface area contributed by atoms with E-state index in [9.17, 15) is 22.0 Å². The summed E-state index contributed by atoms with van der Waals surface area (Å²) < 4.78 is 62.6. The van der Waals surface area contributed by atoms with E-state index in [1.165, 1.54) is 18.3 Å². The van der Waals surface area contributed by atoms with Crippen molar-refractivity contribution < 1.29 is 26.7 Å². The average Bonchev–Trinajstić information content (AvgIpc) is 3.29. The molecule has 1 N–H and O–H groups in total. The SMILES string of the molecule is Cc1ccc(S(=O)(=O)n2cc(-c3ncc(F)c(N[C@@H]4CCCN(C(=O)OC(C)(C)C)C4)n3)c3cc(F)cnc32)cc1. The summed E-state index contributed by atoms with van der Waals surface area (Å²) in [7, 11) is -4.11. The fourth-order valence-electron chi connectivity index (χ4n) is 4.62. The molecule has 0 bridgehead atoms. The van der Waals surface area contributed by atoms with Crippen LogP contribution in [0.1, 0.15) is 39.2 Å². The van der Waals surface area contributed by atoms with Crippen LogP contribution in [0.2, 0.25) is 0 Å². The fourth-order valence-corrected chi connectivity index (χ4v) is 5.94. The lowest BCUT2D eigenvalue weighted by molar-refractivity contribution is 0.0206. The van der Waals surface area contributed by atoms with Gasteiger partial charge in [-0.1, -0.05) is 17.7 Å². The minimum Gasteiger partial charge on any atom is -0.444 e. The lowest BCUT2D eigenvalue weighted by Gasteiger charge is -2.34. The number of halogens is 2. The summed E-state index contributed by atoms with van der Waals surface area (Å²) in [5, 5.41) is 3.19. The quantitative estimate of drug-likeness (QED) is 0.343. The molecule has 0 aliphatic carbocycles. The molecule has 1 aromatic carbocycles. The Morgan fingerprint density at radius 3 is 2.56 bits per heavy atom. The Bertz CT molecular complexity index is 1720. The number of ether oxygens (including phenoxy) is 1. The normalized spacial score (nSPS) is 16.1. The third-order valence-electron chi connectivity index (χ3n) is 6.56. The Labute approximate surface area is 236 Å². The molecule has 216 valence electrons. The maximum absolute atomic E-state index is 14.9. The summed E-state index contributed by atoms with van der Waals surface area (Å²) in [4.78, 5) is 26.6. The standard InChI is InChI=1S/C28H30F2N6O4S/c1-17-7-9-20(10-8-17)41(38,39)36-16-22(21-12-18(29)13-32-26(21)36)24-31-14-23(30)25(34-24)33-19-6-5-11-35(15-19)27(37)40-28(2,3)4/h7-10,12-14,16,19H,5-6,11,15H2,1-4H3,(H,31,33,34)/t19-/m1/s1. The predicted molar refractivity (Wildman–Crippen MR) is 149 cm³/mol. The molecule has 0 saturated carbocycles. The Hall–Kier alpha value is -4.13. The number of fused-ring (bicyclic) bond motifs is 1. The Morgan fingerprint density at radius 1 is 1.12 bits per heavy atom. The number of aromatic nitrogens is 4. The molecule has 10 nitrogen and oxygen atoms in total. The second kappa shape index (κ2) is 10.7. The van der Waals surface area contributed by atoms with Crippen molar-refractivity contribution >= 4 is 33.0 Å². The van der Waals surface area contributed by atoms with Crippen LogP contribution in [0.3, 0.4) is 0 Å². The van der Waals surface area contributed by atoms with Gasteiger partial charge < -0.3 is 15.0 Å². The number of rotatable bonds is 5. The minimum absolute atomic E-state index is 0.0203. The van der Waals surface area contributed by atoms with Crippen molar-refractivity contribution in [2.24, 2.45) is 0 Å². The zero-order valence-electron chi connectivity index (χ0n) is 23.1. The summed E-state index contributed by atoms with van der Waals surface area (Å²) >= 11 is 0. The molecule has 1 aliphatic heterocycles. The monoisotopic (exact) mass is 584 g/mol. The van der Waals surface area contributed by atoms with E-state index >= 15 is 0 Å². The maximum Gasteiger partial charge on any atom is 0.410 e. The molecule has 1 atom stereocenters. The number of hydrogen-bond donors (Lipinski definition) is 1. The lowest BCUT2D eigenvalue weighted by Crippen LogP contribution is -2.47. The molecule has 41 heavy (non-hydrogen) atoms. The zero-order valence-corrected chi connectivity index (χ0v) is 23.9. The third kappa shape index (κ3) is 5.99. The average molecular weight is 585 g/mol. The minimum atomic E-state index is -4.11. The van der Waals surface area contributed by atoms with Crippen LogP contribution in [0.25, 0.3) is 22.4 Å². The number of carbonyl (C=O) groups is 1. The molecule has 4 heterocycles. The molecule has 1 amide bonds. The van der Waals surface area contributed by atoms with Crippen LogP contribution in [-0.4, -0.2) is 63.1 Å². The maximum atomic E-state index is 14.9. The predicted octanol–water partition coefficient (Wildman–Crippen LogP) is 5.13. The van der Waals surface area contributed by atoms with Gasteiger partial charge in [-0.25, -0.2) is 40.9 Å². The van der Waals surface area contributed by atoms with E-state index in [1.54, 1.807) is 37.8 Å². The van der Waals surface area contributed by atoms with Gasteiger partial charge in [-0.3, -0.25) is 0 Å². The smallest absolute Gasteiger partial charge is 0.410 e. The van der Waals surface area contributed by atoms with Gasteiger partial charge >= 0.3 is 6.09 Å². The highest BCUT2D eigenvalue weighted by Gasteiger charge is 2.29. The highest BCUT2D eigenvalue weighted by Crippen LogP contribution is 2.32. The number of aryl methyl sites for hydroxylation is 1. The van der Waals surface area contributed by atoms with E-state index in [-0.39, 0.29) is 45.7 Å². The highest BCUT2D eigenvalue weighted by atomic mass is 32.2. The van der Waals surface area contributed by atoms with E-state index in [2.05, 4.69) is 20.3 Å². The van der Waals surface area contributed by atoms with Crippen molar-refractivity contribution in [3.8, 4) is 11.4 Å². The van der Waals surface area contributed by atoms with Crippen LogP contribution in [0.15, 0.2) is 53.8 Å². The lowest BCUT2D eigenvalue weighted by atomic mass is 10.1. The van der Waals surface area contributed by atoms with Gasteiger partial charge in [0.15, 0.2) is 23.1 Å². The van der Waals surface area contributed by atoms with E-state index in [1.807, 2.05) is 6.92 Å². The molecule has 0 spiro atoms. The van der Waals surface area contributed by atoms with E-state index in [0.717, 1.165) is 28.0 Å². The van der Waals surface area contributed by atoms with Gasteiger partial charge in [0.1, 0.15) is 11.4 Å². The number of anilines is 1.